The fraction of sp³-hybridized carbons (Fsp3) is 0.381. The molecule has 2 rings (SSSR count). The number of hydrogen-bond acceptors (Lipinski definition) is 4. The van der Waals surface area contributed by atoms with Gasteiger partial charge in [0.25, 0.3) is 0 Å². The standard InChI is InChI=1S/C21H28N2O4S/c1-4-5-18-8-10-19(11-9-18)27-15-14-22-21(24)16-23(3)28(25,26)20-12-6-17(2)7-13-20/h6-13H,4-5,14-16H2,1-3H3,(H,22,24). The molecule has 1 N–H and O–H groups in total. The van der Waals surface area contributed by atoms with Crippen LogP contribution in [0.4, 0.5) is 0 Å². The summed E-state index contributed by atoms with van der Waals surface area (Å²) in [5.41, 5.74) is 2.24. The van der Waals surface area contributed by atoms with Crippen molar-refractivity contribution in [1.82, 2.24) is 9.62 Å². The third-order valence-electron chi connectivity index (χ3n) is 4.25. The zero-order chi connectivity index (χ0) is 20.6. The van der Waals surface area contributed by atoms with Gasteiger partial charge in [-0.05, 0) is 43.2 Å². The molecule has 2 aromatic rings. The number of benzene rings is 2. The van der Waals surface area contributed by atoms with Crippen LogP contribution in [0.1, 0.15) is 24.5 Å². The maximum absolute atomic E-state index is 12.5. The third kappa shape index (κ3) is 6.35. The minimum atomic E-state index is -3.69. The third-order valence-corrected chi connectivity index (χ3v) is 6.07. The number of rotatable bonds is 10. The molecule has 0 unspecified atom stereocenters. The summed E-state index contributed by atoms with van der Waals surface area (Å²) >= 11 is 0. The molecule has 0 aliphatic heterocycles. The fourth-order valence-electron chi connectivity index (χ4n) is 2.63. The monoisotopic (exact) mass is 404 g/mol. The van der Waals surface area contributed by atoms with Crippen molar-refractivity contribution in [2.75, 3.05) is 26.7 Å². The van der Waals surface area contributed by atoms with Crippen molar-refractivity contribution in [3.05, 3.63) is 59.7 Å². The first-order valence-corrected chi connectivity index (χ1v) is 10.8. The Balaban J connectivity index is 1.76. The molecular formula is C21H28N2O4S. The second kappa shape index (κ2) is 10.2. The van der Waals surface area contributed by atoms with Gasteiger partial charge in [0.1, 0.15) is 12.4 Å². The second-order valence-corrected chi connectivity index (χ2v) is 8.71. The summed E-state index contributed by atoms with van der Waals surface area (Å²) < 4.78 is 31.6. The number of aryl methyl sites for hydroxylation is 2. The number of nitrogens with one attached hydrogen (secondary N) is 1. The molecular weight excluding hydrogens is 376 g/mol. The first-order valence-electron chi connectivity index (χ1n) is 9.34. The first-order chi connectivity index (χ1) is 13.3. The van der Waals surface area contributed by atoms with Crippen LogP contribution >= 0.6 is 0 Å². The predicted molar refractivity (Wildman–Crippen MR) is 110 cm³/mol. The Hall–Kier alpha value is -2.38. The summed E-state index contributed by atoms with van der Waals surface area (Å²) in [4.78, 5) is 12.2. The van der Waals surface area contributed by atoms with Crippen LogP contribution in [0.3, 0.4) is 0 Å². The number of nitrogens with zero attached hydrogens (tertiary/aromatic N) is 1. The van der Waals surface area contributed by atoms with Crippen molar-refractivity contribution >= 4 is 15.9 Å². The lowest BCUT2D eigenvalue weighted by atomic mass is 10.1. The number of hydrogen-bond donors (Lipinski definition) is 1. The number of likely N-dealkylation sites (N-methyl/N-ethyl adjacent to an activating group) is 1. The maximum atomic E-state index is 12.5. The average molecular weight is 405 g/mol. The van der Waals surface area contributed by atoms with Gasteiger partial charge in [0, 0.05) is 7.05 Å². The van der Waals surface area contributed by atoms with Crippen molar-refractivity contribution in [3.8, 4) is 5.75 Å². The summed E-state index contributed by atoms with van der Waals surface area (Å²) in [6, 6.07) is 14.4. The van der Waals surface area contributed by atoms with Crippen molar-refractivity contribution < 1.29 is 17.9 Å². The Labute approximate surface area is 167 Å². The Bertz CT molecular complexity index is 862. The molecule has 0 spiro atoms. The van der Waals surface area contributed by atoms with Gasteiger partial charge < -0.3 is 10.1 Å². The molecule has 0 aliphatic carbocycles. The fourth-order valence-corrected chi connectivity index (χ4v) is 3.76. The van der Waals surface area contributed by atoms with Crippen LogP contribution in [0.5, 0.6) is 5.75 Å². The van der Waals surface area contributed by atoms with Crippen LogP contribution < -0.4 is 10.1 Å². The van der Waals surface area contributed by atoms with Crippen molar-refractivity contribution in [2.45, 2.75) is 31.6 Å². The van der Waals surface area contributed by atoms with Crippen LogP contribution in [0.15, 0.2) is 53.4 Å². The molecule has 0 bridgehead atoms. The summed E-state index contributed by atoms with van der Waals surface area (Å²) in [5.74, 6) is 0.369. The normalized spacial score (nSPS) is 11.4. The van der Waals surface area contributed by atoms with Crippen molar-refractivity contribution in [3.63, 3.8) is 0 Å². The number of carbonyl (C=O) groups is 1. The van der Waals surface area contributed by atoms with Gasteiger partial charge in [-0.25, -0.2) is 8.42 Å². The molecule has 2 aromatic carbocycles. The lowest BCUT2D eigenvalue weighted by Crippen LogP contribution is -2.39. The molecule has 0 atom stereocenters. The van der Waals surface area contributed by atoms with Gasteiger partial charge in [0.2, 0.25) is 15.9 Å². The number of ether oxygens (including phenoxy) is 1. The molecule has 0 aromatic heterocycles. The molecule has 0 aliphatic rings. The van der Waals surface area contributed by atoms with Crippen LogP contribution in [0.2, 0.25) is 0 Å². The zero-order valence-electron chi connectivity index (χ0n) is 16.6. The largest absolute Gasteiger partial charge is 0.492 e. The predicted octanol–water partition coefficient (Wildman–Crippen LogP) is 2.76. The van der Waals surface area contributed by atoms with Gasteiger partial charge in [-0.2, -0.15) is 4.31 Å². The smallest absolute Gasteiger partial charge is 0.243 e. The molecule has 7 heteroatoms. The van der Waals surface area contributed by atoms with E-state index < -0.39 is 10.0 Å². The topological polar surface area (TPSA) is 75.7 Å². The lowest BCUT2D eigenvalue weighted by molar-refractivity contribution is -0.121. The number of amides is 1. The highest BCUT2D eigenvalue weighted by molar-refractivity contribution is 7.89. The molecule has 6 nitrogen and oxygen atoms in total. The van der Waals surface area contributed by atoms with E-state index in [1.165, 1.54) is 12.6 Å². The van der Waals surface area contributed by atoms with E-state index in [-0.39, 0.29) is 17.3 Å². The minimum Gasteiger partial charge on any atom is -0.492 e. The maximum Gasteiger partial charge on any atom is 0.243 e. The van der Waals surface area contributed by atoms with Gasteiger partial charge in [0.15, 0.2) is 0 Å². The van der Waals surface area contributed by atoms with E-state index in [0.29, 0.717) is 13.2 Å². The molecule has 0 fully saturated rings. The number of carbonyl (C=O) groups excluding carboxylic acids is 1. The van der Waals surface area contributed by atoms with E-state index >= 15 is 0 Å². The van der Waals surface area contributed by atoms with Crippen molar-refractivity contribution in [1.29, 1.82) is 0 Å². The summed E-state index contributed by atoms with van der Waals surface area (Å²) in [6.45, 7) is 4.38. The Morgan fingerprint density at radius 2 is 1.71 bits per heavy atom. The van der Waals surface area contributed by atoms with Gasteiger partial charge in [-0.1, -0.05) is 43.2 Å². The molecule has 0 radical (unpaired) electrons. The first kappa shape index (κ1) is 21.9. The summed E-state index contributed by atoms with van der Waals surface area (Å²) in [5, 5.41) is 2.68. The molecule has 152 valence electrons. The van der Waals surface area contributed by atoms with Crippen LogP contribution in [0.25, 0.3) is 0 Å². The molecule has 0 heterocycles. The Kier molecular flexibility index (Phi) is 8.02. The average Bonchev–Trinajstić information content (AvgIpc) is 2.67. The van der Waals surface area contributed by atoms with E-state index in [4.69, 9.17) is 4.74 Å². The molecule has 1 amide bonds. The Morgan fingerprint density at radius 3 is 2.32 bits per heavy atom. The van der Waals surface area contributed by atoms with Crippen LogP contribution in [0, 0.1) is 6.92 Å². The van der Waals surface area contributed by atoms with Crippen LogP contribution in [-0.2, 0) is 21.2 Å². The van der Waals surface area contributed by atoms with E-state index in [9.17, 15) is 13.2 Å². The van der Waals surface area contributed by atoms with E-state index in [1.54, 1.807) is 24.3 Å². The SMILES string of the molecule is CCCc1ccc(OCCNC(=O)CN(C)S(=O)(=O)c2ccc(C)cc2)cc1. The number of sulfonamides is 1. The van der Waals surface area contributed by atoms with Gasteiger partial charge >= 0.3 is 0 Å². The highest BCUT2D eigenvalue weighted by Crippen LogP contribution is 2.15. The van der Waals surface area contributed by atoms with Crippen LogP contribution in [-0.4, -0.2) is 45.4 Å². The highest BCUT2D eigenvalue weighted by atomic mass is 32.2. The van der Waals surface area contributed by atoms with E-state index in [2.05, 4.69) is 12.2 Å². The Morgan fingerprint density at radius 1 is 1.07 bits per heavy atom. The van der Waals surface area contributed by atoms with Gasteiger partial charge in [0.05, 0.1) is 18.0 Å². The molecule has 0 saturated carbocycles. The summed E-state index contributed by atoms with van der Waals surface area (Å²) in [6.07, 6.45) is 2.13. The lowest BCUT2D eigenvalue weighted by Gasteiger charge is -2.17. The highest BCUT2D eigenvalue weighted by Gasteiger charge is 2.22. The second-order valence-electron chi connectivity index (χ2n) is 6.67. The van der Waals surface area contributed by atoms with Crippen molar-refractivity contribution in [2.24, 2.45) is 0 Å². The quantitative estimate of drug-likeness (QED) is 0.618. The van der Waals surface area contributed by atoms with E-state index in [0.717, 1.165) is 28.5 Å². The van der Waals surface area contributed by atoms with Gasteiger partial charge in [-0.3, -0.25) is 4.79 Å². The van der Waals surface area contributed by atoms with Gasteiger partial charge in [-0.15, -0.1) is 0 Å². The molecule has 0 saturated heterocycles. The summed E-state index contributed by atoms with van der Waals surface area (Å²) in [7, 11) is -2.30. The zero-order valence-corrected chi connectivity index (χ0v) is 17.5. The minimum absolute atomic E-state index is 0.170. The van der Waals surface area contributed by atoms with E-state index in [1.807, 2.05) is 31.2 Å². The molecule has 28 heavy (non-hydrogen) atoms.